The summed E-state index contributed by atoms with van der Waals surface area (Å²) in [7, 11) is 5.50. The van der Waals surface area contributed by atoms with Gasteiger partial charge in [-0.05, 0) is 62.0 Å². The van der Waals surface area contributed by atoms with E-state index in [0.29, 0.717) is 31.1 Å². The van der Waals surface area contributed by atoms with Gasteiger partial charge in [0.15, 0.2) is 0 Å². The summed E-state index contributed by atoms with van der Waals surface area (Å²) in [5, 5.41) is 6.96. The van der Waals surface area contributed by atoms with Crippen molar-refractivity contribution < 1.29 is 19.1 Å². The second-order valence-corrected chi connectivity index (χ2v) is 11.5. The Morgan fingerprint density at radius 2 is 1.80 bits per heavy atom. The van der Waals surface area contributed by atoms with Crippen LogP contribution in [0.15, 0.2) is 72.9 Å². The average Bonchev–Trinajstić information content (AvgIpc) is 3.44. The molecule has 1 fully saturated rings. The van der Waals surface area contributed by atoms with Crippen LogP contribution in [0, 0.1) is 6.92 Å². The van der Waals surface area contributed by atoms with Gasteiger partial charge in [0.05, 0.1) is 12.8 Å². The number of nitrogens with one attached hydrogen (secondary N) is 3. The number of piperazine rings is 1. The number of hydrogen-bond donors (Lipinski definition) is 3. The van der Waals surface area contributed by atoms with E-state index in [2.05, 4.69) is 15.6 Å². The van der Waals surface area contributed by atoms with E-state index in [1.165, 1.54) is 4.90 Å². The third-order valence-electron chi connectivity index (χ3n) is 8.11. The molecule has 0 aliphatic carbocycles. The number of rotatable bonds is 9. The molecule has 10 nitrogen and oxygen atoms in total. The molecule has 2 heterocycles. The Hall–Kier alpha value is -4.83. The summed E-state index contributed by atoms with van der Waals surface area (Å²) in [6, 6.07) is 19.8. The summed E-state index contributed by atoms with van der Waals surface area (Å²) in [5.74, 6) is -0.450. The SMILES string of the molecule is COc1ccc(CN(C)C)cc1NC(=O)C(NC(=O)N1CCN(c2ccccc2C)C(=O)C1)C(C)c1c[nH]c2ccccc12. The van der Waals surface area contributed by atoms with Crippen molar-refractivity contribution in [3.63, 3.8) is 0 Å². The van der Waals surface area contributed by atoms with E-state index >= 15 is 0 Å². The van der Waals surface area contributed by atoms with Crippen LogP contribution in [0.1, 0.15) is 29.5 Å². The van der Waals surface area contributed by atoms with Crippen molar-refractivity contribution >= 4 is 40.1 Å². The van der Waals surface area contributed by atoms with E-state index in [-0.39, 0.29) is 18.4 Å². The van der Waals surface area contributed by atoms with Crippen LogP contribution >= 0.6 is 0 Å². The molecule has 0 radical (unpaired) electrons. The normalized spacial score (nSPS) is 14.9. The van der Waals surface area contributed by atoms with Crippen LogP contribution in [0.3, 0.4) is 0 Å². The fourth-order valence-corrected chi connectivity index (χ4v) is 5.79. The number of fused-ring (bicyclic) bond motifs is 1. The van der Waals surface area contributed by atoms with Crippen molar-refractivity contribution in [3.05, 3.63) is 89.6 Å². The molecule has 1 aliphatic heterocycles. The van der Waals surface area contributed by atoms with Gasteiger partial charge in [0, 0.05) is 48.3 Å². The lowest BCUT2D eigenvalue weighted by molar-refractivity contribution is -0.120. The van der Waals surface area contributed by atoms with Gasteiger partial charge in [0.1, 0.15) is 18.3 Å². The van der Waals surface area contributed by atoms with Crippen LogP contribution in [0.2, 0.25) is 0 Å². The fourth-order valence-electron chi connectivity index (χ4n) is 5.79. The largest absolute Gasteiger partial charge is 0.495 e. The number of anilines is 2. The summed E-state index contributed by atoms with van der Waals surface area (Å²) in [4.78, 5) is 49.4. The maximum atomic E-state index is 14.0. The van der Waals surface area contributed by atoms with Gasteiger partial charge in [-0.15, -0.1) is 0 Å². The van der Waals surface area contributed by atoms with Crippen LogP contribution in [0.4, 0.5) is 16.2 Å². The Morgan fingerprint density at radius 1 is 1.05 bits per heavy atom. The van der Waals surface area contributed by atoms with Gasteiger partial charge in [0.25, 0.3) is 0 Å². The van der Waals surface area contributed by atoms with Crippen LogP contribution in [0.25, 0.3) is 10.9 Å². The lowest BCUT2D eigenvalue weighted by Crippen LogP contribution is -2.58. The third kappa shape index (κ3) is 6.55. The van der Waals surface area contributed by atoms with Crippen molar-refractivity contribution in [2.75, 3.05) is 51.1 Å². The Bertz CT molecular complexity index is 1660. The van der Waals surface area contributed by atoms with Crippen LogP contribution in [0.5, 0.6) is 5.75 Å². The monoisotopic (exact) mass is 596 g/mol. The number of carbonyl (C=O) groups excluding carboxylic acids is 3. The molecule has 230 valence electrons. The standard InChI is InChI=1S/C34H40N6O4/c1-22-10-6-9-13-29(22)40-17-16-39(21-31(40)41)34(43)37-32(23(2)26-19-35-27-12-8-7-11-25(26)27)33(42)36-28-18-24(20-38(3)4)14-15-30(28)44-5/h6-15,18-19,23,32,35H,16-17,20-21H2,1-5H3,(H,36,42)(H,37,43). The van der Waals surface area contributed by atoms with Crippen molar-refractivity contribution in [3.8, 4) is 5.75 Å². The Labute approximate surface area is 258 Å². The molecule has 2 atom stereocenters. The van der Waals surface area contributed by atoms with Gasteiger partial charge < -0.3 is 35.1 Å². The first-order valence-corrected chi connectivity index (χ1v) is 14.8. The average molecular weight is 597 g/mol. The topological polar surface area (TPSA) is 110 Å². The second kappa shape index (κ2) is 13.2. The minimum atomic E-state index is -0.951. The second-order valence-electron chi connectivity index (χ2n) is 11.5. The van der Waals surface area contributed by atoms with Gasteiger partial charge in [0.2, 0.25) is 11.8 Å². The molecule has 0 saturated carbocycles. The number of urea groups is 1. The number of hydrogen-bond acceptors (Lipinski definition) is 5. The lowest BCUT2D eigenvalue weighted by atomic mass is 9.92. The Balaban J connectivity index is 1.40. The Morgan fingerprint density at radius 3 is 2.52 bits per heavy atom. The fraction of sp³-hybridized carbons (Fsp3) is 0.324. The number of carbonyl (C=O) groups is 3. The number of H-pyrrole nitrogens is 1. The molecule has 1 aromatic heterocycles. The molecule has 1 aliphatic rings. The van der Waals surface area contributed by atoms with Gasteiger partial charge >= 0.3 is 6.03 Å². The number of para-hydroxylation sites is 2. The van der Waals surface area contributed by atoms with Crippen molar-refractivity contribution in [1.82, 2.24) is 20.1 Å². The molecule has 2 unspecified atom stereocenters. The van der Waals surface area contributed by atoms with E-state index in [9.17, 15) is 14.4 Å². The lowest BCUT2D eigenvalue weighted by Gasteiger charge is -2.36. The highest BCUT2D eigenvalue weighted by molar-refractivity contribution is 6.01. The zero-order chi connectivity index (χ0) is 31.4. The molecule has 10 heteroatoms. The van der Waals surface area contributed by atoms with Gasteiger partial charge in [-0.2, -0.15) is 0 Å². The molecule has 0 bridgehead atoms. The van der Waals surface area contributed by atoms with Gasteiger partial charge in [-0.1, -0.05) is 49.4 Å². The molecule has 1 saturated heterocycles. The zero-order valence-corrected chi connectivity index (χ0v) is 25.9. The van der Waals surface area contributed by atoms with Crippen molar-refractivity contribution in [2.45, 2.75) is 32.4 Å². The highest BCUT2D eigenvalue weighted by Gasteiger charge is 2.34. The van der Waals surface area contributed by atoms with E-state index in [1.54, 1.807) is 12.0 Å². The smallest absolute Gasteiger partial charge is 0.318 e. The summed E-state index contributed by atoms with van der Waals surface area (Å²) < 4.78 is 5.55. The van der Waals surface area contributed by atoms with Crippen LogP contribution < -0.4 is 20.3 Å². The maximum absolute atomic E-state index is 14.0. The van der Waals surface area contributed by atoms with Gasteiger partial charge in [-0.25, -0.2) is 4.79 Å². The van der Waals surface area contributed by atoms with E-state index < -0.39 is 18.0 Å². The number of aromatic amines is 1. The van der Waals surface area contributed by atoms with Crippen molar-refractivity contribution in [2.24, 2.45) is 0 Å². The first-order chi connectivity index (χ1) is 21.2. The molecule has 3 aromatic carbocycles. The first kappa shape index (κ1) is 30.6. The number of aryl methyl sites for hydroxylation is 1. The Kier molecular flexibility index (Phi) is 9.20. The predicted octanol–water partition coefficient (Wildman–Crippen LogP) is 4.72. The molecular weight excluding hydrogens is 556 g/mol. The first-order valence-electron chi connectivity index (χ1n) is 14.8. The number of benzene rings is 3. The quantitative estimate of drug-likeness (QED) is 0.259. The van der Waals surface area contributed by atoms with Crippen molar-refractivity contribution in [1.29, 1.82) is 0 Å². The summed E-state index contributed by atoms with van der Waals surface area (Å²) in [6.45, 7) is 5.17. The number of methoxy groups -OCH3 is 1. The molecule has 0 spiro atoms. The summed E-state index contributed by atoms with van der Waals surface area (Å²) in [6.07, 6.45) is 1.88. The highest BCUT2D eigenvalue weighted by atomic mass is 16.5. The van der Waals surface area contributed by atoms with E-state index in [4.69, 9.17) is 4.74 Å². The molecule has 44 heavy (non-hydrogen) atoms. The highest BCUT2D eigenvalue weighted by Crippen LogP contribution is 2.31. The number of ether oxygens (including phenoxy) is 1. The molecular formula is C34H40N6O4. The summed E-state index contributed by atoms with van der Waals surface area (Å²) in [5.41, 5.74) is 5.19. The zero-order valence-electron chi connectivity index (χ0n) is 25.9. The molecule has 4 aromatic rings. The number of amides is 4. The minimum absolute atomic E-state index is 0.0869. The minimum Gasteiger partial charge on any atom is -0.495 e. The van der Waals surface area contributed by atoms with E-state index in [0.717, 1.165) is 33.3 Å². The van der Waals surface area contributed by atoms with Gasteiger partial charge in [-0.3, -0.25) is 9.59 Å². The van der Waals surface area contributed by atoms with Crippen LogP contribution in [-0.2, 0) is 16.1 Å². The molecule has 5 rings (SSSR count). The molecule has 3 N–H and O–H groups in total. The predicted molar refractivity (Wildman–Crippen MR) is 173 cm³/mol. The van der Waals surface area contributed by atoms with E-state index in [1.807, 2.05) is 106 Å². The van der Waals surface area contributed by atoms with Crippen LogP contribution in [-0.4, -0.2) is 79.5 Å². The number of aromatic nitrogens is 1. The number of nitrogens with zero attached hydrogens (tertiary/aromatic N) is 3. The molecule has 4 amide bonds. The maximum Gasteiger partial charge on any atom is 0.318 e. The summed E-state index contributed by atoms with van der Waals surface area (Å²) >= 11 is 0. The third-order valence-corrected chi connectivity index (χ3v) is 8.11.